The lowest BCUT2D eigenvalue weighted by molar-refractivity contribution is -0.180. The van der Waals surface area contributed by atoms with Gasteiger partial charge in [-0.1, -0.05) is 23.2 Å². The van der Waals surface area contributed by atoms with E-state index in [1.165, 1.54) is 13.0 Å². The number of hydrogen-bond donors (Lipinski definition) is 0. The molecule has 116 valence electrons. The van der Waals surface area contributed by atoms with Crippen LogP contribution in [0.1, 0.15) is 12.5 Å². The zero-order valence-corrected chi connectivity index (χ0v) is 12.2. The molecule has 0 bridgehead atoms. The molecule has 1 heterocycles. The van der Waals surface area contributed by atoms with Crippen LogP contribution in [-0.4, -0.2) is 29.5 Å². The van der Waals surface area contributed by atoms with Gasteiger partial charge in [0.15, 0.2) is 0 Å². The van der Waals surface area contributed by atoms with Gasteiger partial charge in [-0.15, -0.1) is 0 Å². The van der Waals surface area contributed by atoms with Crippen molar-refractivity contribution in [3.8, 4) is 0 Å². The second-order valence-electron chi connectivity index (χ2n) is 3.99. The molecule has 0 fully saturated rings. The minimum Gasteiger partial charge on any atom is -0.465 e. The number of pyridine rings is 1. The molecule has 0 spiro atoms. The number of rotatable bonds is 5. The molecule has 1 atom stereocenters. The van der Waals surface area contributed by atoms with Crippen molar-refractivity contribution >= 4 is 35.0 Å². The molecule has 0 saturated carbocycles. The number of carbonyl (C=O) groups excluding carboxylic acids is 2. The van der Waals surface area contributed by atoms with Crippen LogP contribution in [0, 0.1) is 5.92 Å². The average Bonchev–Trinajstić information content (AvgIpc) is 2.38. The normalized spacial score (nSPS) is 12.9. The van der Waals surface area contributed by atoms with Gasteiger partial charge < -0.3 is 4.74 Å². The minimum absolute atomic E-state index is 0.0104. The fourth-order valence-corrected chi connectivity index (χ4v) is 1.82. The molecular weight excluding hydrogens is 334 g/mol. The molecule has 21 heavy (non-hydrogen) atoms. The maximum Gasteiger partial charge on any atom is 0.450 e. The molecule has 0 radical (unpaired) electrons. The van der Waals surface area contributed by atoms with Crippen LogP contribution in [0.5, 0.6) is 0 Å². The van der Waals surface area contributed by atoms with E-state index in [4.69, 9.17) is 23.2 Å². The maximum absolute atomic E-state index is 12.5. The number of ether oxygens (including phenoxy) is 1. The van der Waals surface area contributed by atoms with Crippen LogP contribution >= 0.6 is 23.2 Å². The number of nitrogens with zero attached hydrogens (tertiary/aromatic N) is 1. The molecule has 1 aromatic heterocycles. The first-order chi connectivity index (χ1) is 9.66. The van der Waals surface area contributed by atoms with E-state index in [-0.39, 0.29) is 22.3 Å². The summed E-state index contributed by atoms with van der Waals surface area (Å²) in [6, 6.07) is 1.24. The first-order valence-electron chi connectivity index (χ1n) is 5.74. The summed E-state index contributed by atoms with van der Waals surface area (Å²) < 4.78 is 42.1. The molecule has 1 aromatic rings. The Labute approximate surface area is 128 Å². The van der Waals surface area contributed by atoms with Gasteiger partial charge in [0.25, 0.3) is 5.78 Å². The highest BCUT2D eigenvalue weighted by atomic mass is 35.5. The summed E-state index contributed by atoms with van der Waals surface area (Å²) in [7, 11) is 0. The van der Waals surface area contributed by atoms with E-state index in [0.717, 1.165) is 6.20 Å². The predicted octanol–water partition coefficient (Wildman–Crippen LogP) is 3.24. The highest BCUT2D eigenvalue weighted by Crippen LogP contribution is 2.26. The van der Waals surface area contributed by atoms with E-state index in [2.05, 4.69) is 9.72 Å². The van der Waals surface area contributed by atoms with Crippen LogP contribution in [0.15, 0.2) is 12.3 Å². The molecular formula is C12H10Cl2F3NO3. The zero-order valence-electron chi connectivity index (χ0n) is 10.7. The van der Waals surface area contributed by atoms with Crippen LogP contribution < -0.4 is 0 Å². The van der Waals surface area contributed by atoms with Gasteiger partial charge >= 0.3 is 12.1 Å². The van der Waals surface area contributed by atoms with Gasteiger partial charge in [0.05, 0.1) is 11.6 Å². The van der Waals surface area contributed by atoms with E-state index in [1.54, 1.807) is 0 Å². The Hall–Kier alpha value is -1.34. The summed E-state index contributed by atoms with van der Waals surface area (Å²) >= 11 is 11.3. The van der Waals surface area contributed by atoms with E-state index in [1.807, 2.05) is 0 Å². The minimum atomic E-state index is -5.14. The smallest absolute Gasteiger partial charge is 0.450 e. The van der Waals surface area contributed by atoms with Gasteiger partial charge in [-0.3, -0.25) is 9.59 Å². The molecule has 0 N–H and O–H groups in total. The van der Waals surface area contributed by atoms with Crippen molar-refractivity contribution in [2.75, 3.05) is 6.61 Å². The number of esters is 1. The van der Waals surface area contributed by atoms with Gasteiger partial charge in [-0.05, 0) is 25.0 Å². The number of ketones is 1. The number of halogens is 5. The Bertz CT molecular complexity index is 549. The van der Waals surface area contributed by atoms with E-state index < -0.39 is 30.3 Å². The van der Waals surface area contributed by atoms with Crippen LogP contribution in [0.2, 0.25) is 10.2 Å². The molecule has 0 aliphatic heterocycles. The van der Waals surface area contributed by atoms with Gasteiger partial charge in [0.1, 0.15) is 11.1 Å². The summed E-state index contributed by atoms with van der Waals surface area (Å²) in [5.41, 5.74) is 0.167. The SMILES string of the molecule is CCOC(=O)C(Cc1cnc(Cl)c(Cl)c1)C(=O)C(F)(F)F. The standard InChI is InChI=1S/C12H10Cl2F3NO3/c1-2-21-11(20)7(9(19)12(15,16)17)3-6-4-8(13)10(14)18-5-6/h4-5,7H,2-3H2,1H3. The quantitative estimate of drug-likeness (QED) is 0.468. The lowest BCUT2D eigenvalue weighted by Gasteiger charge is -2.16. The average molecular weight is 344 g/mol. The number of alkyl halides is 3. The summed E-state index contributed by atoms with van der Waals surface area (Å²) in [5.74, 6) is -5.41. The summed E-state index contributed by atoms with van der Waals surface area (Å²) in [5, 5.41) is -0.0218. The first-order valence-corrected chi connectivity index (χ1v) is 6.50. The highest BCUT2D eigenvalue weighted by molar-refractivity contribution is 6.41. The van der Waals surface area contributed by atoms with Gasteiger partial charge in [-0.25, -0.2) is 4.98 Å². The van der Waals surface area contributed by atoms with Crippen molar-refractivity contribution in [1.82, 2.24) is 4.98 Å². The molecule has 1 rings (SSSR count). The zero-order chi connectivity index (χ0) is 16.2. The Morgan fingerprint density at radius 1 is 1.38 bits per heavy atom. The molecule has 0 aliphatic rings. The lowest BCUT2D eigenvalue weighted by Crippen LogP contribution is -2.37. The van der Waals surface area contributed by atoms with Crippen molar-refractivity contribution in [1.29, 1.82) is 0 Å². The van der Waals surface area contributed by atoms with Gasteiger partial charge in [0.2, 0.25) is 0 Å². The van der Waals surface area contributed by atoms with E-state index >= 15 is 0 Å². The van der Waals surface area contributed by atoms with Crippen LogP contribution in [-0.2, 0) is 20.7 Å². The van der Waals surface area contributed by atoms with E-state index in [9.17, 15) is 22.8 Å². The molecule has 9 heteroatoms. The fraction of sp³-hybridized carbons (Fsp3) is 0.417. The highest BCUT2D eigenvalue weighted by Gasteiger charge is 2.46. The number of Topliss-reactive ketones (excluding diaryl/α,β-unsaturated/α-hetero) is 1. The van der Waals surface area contributed by atoms with Crippen LogP contribution in [0.4, 0.5) is 13.2 Å². The third-order valence-electron chi connectivity index (χ3n) is 2.46. The molecule has 0 aliphatic carbocycles. The number of hydrogen-bond acceptors (Lipinski definition) is 4. The van der Waals surface area contributed by atoms with Crippen molar-refractivity contribution < 1.29 is 27.5 Å². The second-order valence-corrected chi connectivity index (χ2v) is 4.75. The first kappa shape index (κ1) is 17.7. The molecule has 4 nitrogen and oxygen atoms in total. The second kappa shape index (κ2) is 7.09. The van der Waals surface area contributed by atoms with Gasteiger partial charge in [-0.2, -0.15) is 13.2 Å². The maximum atomic E-state index is 12.5. The molecule has 0 amide bonds. The fourth-order valence-electron chi connectivity index (χ4n) is 1.53. The Morgan fingerprint density at radius 3 is 2.48 bits per heavy atom. The molecule has 0 aromatic carbocycles. The summed E-state index contributed by atoms with van der Waals surface area (Å²) in [6.07, 6.45) is -4.52. The monoisotopic (exact) mass is 343 g/mol. The Kier molecular flexibility index (Phi) is 5.98. The van der Waals surface area contributed by atoms with Crippen LogP contribution in [0.25, 0.3) is 0 Å². The van der Waals surface area contributed by atoms with Crippen molar-refractivity contribution in [2.24, 2.45) is 5.92 Å². The largest absolute Gasteiger partial charge is 0.465 e. The van der Waals surface area contributed by atoms with Crippen LogP contribution in [0.3, 0.4) is 0 Å². The van der Waals surface area contributed by atoms with Crippen molar-refractivity contribution in [2.45, 2.75) is 19.5 Å². The predicted molar refractivity (Wildman–Crippen MR) is 69.1 cm³/mol. The molecule has 0 saturated heterocycles. The third kappa shape index (κ3) is 4.86. The van der Waals surface area contributed by atoms with Gasteiger partial charge in [0, 0.05) is 6.20 Å². The number of aromatic nitrogens is 1. The number of carbonyl (C=O) groups is 2. The summed E-state index contributed by atoms with van der Waals surface area (Å²) in [6.45, 7) is 1.29. The van der Waals surface area contributed by atoms with Crippen molar-refractivity contribution in [3.05, 3.63) is 28.0 Å². The summed E-state index contributed by atoms with van der Waals surface area (Å²) in [4.78, 5) is 26.5. The Balaban J connectivity index is 3.04. The van der Waals surface area contributed by atoms with E-state index in [0.29, 0.717) is 0 Å². The van der Waals surface area contributed by atoms with Crippen molar-refractivity contribution in [3.63, 3.8) is 0 Å². The third-order valence-corrected chi connectivity index (χ3v) is 3.15. The topological polar surface area (TPSA) is 56.3 Å². The Morgan fingerprint density at radius 2 is 2.00 bits per heavy atom. The lowest BCUT2D eigenvalue weighted by atomic mass is 9.95. The molecule has 1 unspecified atom stereocenters.